The molecule has 1 aromatic heterocycles. The molecule has 0 saturated heterocycles. The van der Waals surface area contributed by atoms with E-state index in [-0.39, 0.29) is 5.91 Å². The van der Waals surface area contributed by atoms with Gasteiger partial charge in [0.1, 0.15) is 5.75 Å². The van der Waals surface area contributed by atoms with E-state index in [1.165, 1.54) is 13.3 Å². The fourth-order valence-corrected chi connectivity index (χ4v) is 2.00. The van der Waals surface area contributed by atoms with Gasteiger partial charge < -0.3 is 15.4 Å². The summed E-state index contributed by atoms with van der Waals surface area (Å²) >= 11 is 5.95. The highest BCUT2D eigenvalue weighted by Crippen LogP contribution is 2.28. The smallest absolute Gasteiger partial charge is 0.257 e. The Morgan fingerprint density at radius 2 is 2.23 bits per heavy atom. The Balaban J connectivity index is 2.18. The largest absolute Gasteiger partial charge is 0.495 e. The molecule has 2 N–H and O–H groups in total. The first kappa shape index (κ1) is 15.9. The number of benzene rings is 1. The van der Waals surface area contributed by atoms with E-state index in [0.29, 0.717) is 28.6 Å². The summed E-state index contributed by atoms with van der Waals surface area (Å²) in [7, 11) is 1.53. The number of rotatable bonds is 6. The lowest BCUT2D eigenvalue weighted by Gasteiger charge is -2.11. The lowest BCUT2D eigenvalue weighted by molar-refractivity contribution is 0.102. The maximum absolute atomic E-state index is 12.3. The van der Waals surface area contributed by atoms with Crippen molar-refractivity contribution >= 4 is 28.9 Å². The highest BCUT2D eigenvalue weighted by molar-refractivity contribution is 6.31. The molecule has 5 nitrogen and oxygen atoms in total. The Labute approximate surface area is 134 Å². The molecule has 0 aliphatic rings. The van der Waals surface area contributed by atoms with E-state index in [9.17, 15) is 4.79 Å². The molecule has 6 heteroatoms. The molecule has 1 heterocycles. The van der Waals surface area contributed by atoms with Crippen molar-refractivity contribution in [2.75, 3.05) is 24.3 Å². The van der Waals surface area contributed by atoms with Crippen LogP contribution in [0.15, 0.2) is 49.3 Å². The molecule has 0 fully saturated rings. The second kappa shape index (κ2) is 7.47. The number of halogens is 1. The van der Waals surface area contributed by atoms with Crippen molar-refractivity contribution in [2.24, 2.45) is 0 Å². The summed E-state index contributed by atoms with van der Waals surface area (Å²) < 4.78 is 5.20. The van der Waals surface area contributed by atoms with Crippen molar-refractivity contribution in [3.63, 3.8) is 0 Å². The number of ether oxygens (including phenoxy) is 1. The summed E-state index contributed by atoms with van der Waals surface area (Å²) in [5.74, 6) is 0.238. The molecule has 0 spiro atoms. The summed E-state index contributed by atoms with van der Waals surface area (Å²) in [6, 6.07) is 6.73. The van der Waals surface area contributed by atoms with Gasteiger partial charge in [0.2, 0.25) is 0 Å². The first-order valence-electron chi connectivity index (χ1n) is 6.58. The molecule has 0 atom stereocenters. The Bertz CT molecular complexity index is 689. The molecule has 1 amide bonds. The summed E-state index contributed by atoms with van der Waals surface area (Å²) in [4.78, 5) is 16.4. The van der Waals surface area contributed by atoms with Gasteiger partial charge in [-0.05, 0) is 24.3 Å². The van der Waals surface area contributed by atoms with E-state index in [4.69, 9.17) is 16.3 Å². The summed E-state index contributed by atoms with van der Waals surface area (Å²) in [6.45, 7) is 4.22. The van der Waals surface area contributed by atoms with Crippen LogP contribution in [0, 0.1) is 0 Å². The molecule has 2 aromatic rings. The van der Waals surface area contributed by atoms with E-state index in [0.717, 1.165) is 5.69 Å². The zero-order chi connectivity index (χ0) is 15.9. The molecule has 0 aliphatic heterocycles. The second-order valence-corrected chi connectivity index (χ2v) is 4.87. The maximum Gasteiger partial charge on any atom is 0.257 e. The predicted molar refractivity (Wildman–Crippen MR) is 88.9 cm³/mol. The number of anilines is 2. The first-order valence-corrected chi connectivity index (χ1v) is 6.96. The fraction of sp³-hybridized carbons (Fsp3) is 0.125. The Hall–Kier alpha value is -2.53. The zero-order valence-corrected chi connectivity index (χ0v) is 12.9. The molecule has 0 bridgehead atoms. The number of hydrogen-bond acceptors (Lipinski definition) is 4. The van der Waals surface area contributed by atoms with Crippen LogP contribution in [-0.2, 0) is 0 Å². The Morgan fingerprint density at radius 3 is 2.95 bits per heavy atom. The van der Waals surface area contributed by atoms with Gasteiger partial charge in [0.15, 0.2) is 0 Å². The quantitative estimate of drug-likeness (QED) is 0.799. The molecule has 0 radical (unpaired) electrons. The molecule has 0 unspecified atom stereocenters. The van der Waals surface area contributed by atoms with Crippen molar-refractivity contribution < 1.29 is 9.53 Å². The van der Waals surface area contributed by atoms with Gasteiger partial charge in [0.05, 0.1) is 24.0 Å². The van der Waals surface area contributed by atoms with Crippen LogP contribution in [0.5, 0.6) is 5.75 Å². The lowest BCUT2D eigenvalue weighted by Crippen LogP contribution is -2.13. The summed E-state index contributed by atoms with van der Waals surface area (Å²) in [5, 5.41) is 6.35. The van der Waals surface area contributed by atoms with Gasteiger partial charge in [-0.2, -0.15) is 0 Å². The average Bonchev–Trinajstić information content (AvgIpc) is 2.53. The lowest BCUT2D eigenvalue weighted by atomic mass is 10.2. The van der Waals surface area contributed by atoms with Gasteiger partial charge in [-0.3, -0.25) is 9.78 Å². The standard InChI is InChI=1S/C16H16ClN3O2/c1-3-6-19-13-7-11(9-18-10-13)16(21)20-14-8-12(17)4-5-15(14)22-2/h3-5,7-10,19H,1,6H2,2H3,(H,20,21). The third kappa shape index (κ3) is 3.99. The molecule has 114 valence electrons. The molecule has 22 heavy (non-hydrogen) atoms. The number of pyridine rings is 1. The molecule has 0 saturated carbocycles. The topological polar surface area (TPSA) is 63.2 Å². The number of carbonyl (C=O) groups is 1. The van der Waals surface area contributed by atoms with Crippen LogP contribution in [0.3, 0.4) is 0 Å². The molecule has 2 rings (SSSR count). The van der Waals surface area contributed by atoms with Crippen molar-refractivity contribution in [1.82, 2.24) is 4.98 Å². The second-order valence-electron chi connectivity index (χ2n) is 4.43. The Morgan fingerprint density at radius 1 is 1.41 bits per heavy atom. The van der Waals surface area contributed by atoms with Crippen LogP contribution in [0.25, 0.3) is 0 Å². The van der Waals surface area contributed by atoms with E-state index < -0.39 is 0 Å². The number of nitrogens with one attached hydrogen (secondary N) is 2. The van der Waals surface area contributed by atoms with E-state index in [1.54, 1.807) is 36.5 Å². The van der Waals surface area contributed by atoms with Gasteiger partial charge in [0, 0.05) is 24.0 Å². The minimum absolute atomic E-state index is 0.296. The number of hydrogen-bond donors (Lipinski definition) is 2. The highest BCUT2D eigenvalue weighted by Gasteiger charge is 2.11. The predicted octanol–water partition coefficient (Wildman–Crippen LogP) is 3.59. The SMILES string of the molecule is C=CCNc1cncc(C(=O)Nc2cc(Cl)ccc2OC)c1. The monoisotopic (exact) mass is 317 g/mol. The summed E-state index contributed by atoms with van der Waals surface area (Å²) in [5.41, 5.74) is 1.67. The van der Waals surface area contributed by atoms with Crippen molar-refractivity contribution in [3.05, 3.63) is 59.9 Å². The van der Waals surface area contributed by atoms with Gasteiger partial charge in [0.25, 0.3) is 5.91 Å². The normalized spacial score (nSPS) is 9.91. The van der Waals surface area contributed by atoms with Crippen LogP contribution in [0.4, 0.5) is 11.4 Å². The number of aromatic nitrogens is 1. The van der Waals surface area contributed by atoms with Gasteiger partial charge >= 0.3 is 0 Å². The van der Waals surface area contributed by atoms with E-state index in [1.807, 2.05) is 0 Å². The van der Waals surface area contributed by atoms with Crippen molar-refractivity contribution in [2.45, 2.75) is 0 Å². The first-order chi connectivity index (χ1) is 10.6. The van der Waals surface area contributed by atoms with Crippen LogP contribution < -0.4 is 15.4 Å². The van der Waals surface area contributed by atoms with Crippen LogP contribution >= 0.6 is 11.6 Å². The number of amides is 1. The van der Waals surface area contributed by atoms with Crippen LogP contribution in [0.1, 0.15) is 10.4 Å². The third-order valence-electron chi connectivity index (χ3n) is 2.86. The van der Waals surface area contributed by atoms with Crippen LogP contribution in [0.2, 0.25) is 5.02 Å². The number of methoxy groups -OCH3 is 1. The number of nitrogens with zero attached hydrogens (tertiary/aromatic N) is 1. The van der Waals surface area contributed by atoms with Crippen molar-refractivity contribution in [3.8, 4) is 5.75 Å². The molecule has 1 aromatic carbocycles. The van der Waals surface area contributed by atoms with Gasteiger partial charge in [-0.1, -0.05) is 17.7 Å². The van der Waals surface area contributed by atoms with E-state index >= 15 is 0 Å². The average molecular weight is 318 g/mol. The highest BCUT2D eigenvalue weighted by atomic mass is 35.5. The Kier molecular flexibility index (Phi) is 5.38. The molecular formula is C16H16ClN3O2. The van der Waals surface area contributed by atoms with Crippen molar-refractivity contribution in [1.29, 1.82) is 0 Å². The molecule has 0 aliphatic carbocycles. The van der Waals surface area contributed by atoms with E-state index in [2.05, 4.69) is 22.2 Å². The fourth-order valence-electron chi connectivity index (χ4n) is 1.82. The minimum atomic E-state index is -0.296. The van der Waals surface area contributed by atoms with Gasteiger partial charge in [-0.15, -0.1) is 6.58 Å². The third-order valence-corrected chi connectivity index (χ3v) is 3.10. The number of carbonyl (C=O) groups excluding carboxylic acids is 1. The minimum Gasteiger partial charge on any atom is -0.495 e. The molecular weight excluding hydrogens is 302 g/mol. The van der Waals surface area contributed by atoms with Gasteiger partial charge in [-0.25, -0.2) is 0 Å². The summed E-state index contributed by atoms with van der Waals surface area (Å²) in [6.07, 6.45) is 4.86. The van der Waals surface area contributed by atoms with Crippen LogP contribution in [-0.4, -0.2) is 24.5 Å². The maximum atomic E-state index is 12.3. The zero-order valence-electron chi connectivity index (χ0n) is 12.1.